The maximum atomic E-state index is 11.7. The van der Waals surface area contributed by atoms with Gasteiger partial charge in [-0.25, -0.2) is 0 Å². The number of carbonyl (C=O) groups is 1. The van der Waals surface area contributed by atoms with E-state index in [1.54, 1.807) is 6.07 Å². The molecule has 1 atom stereocenters. The van der Waals surface area contributed by atoms with Crippen molar-refractivity contribution in [1.29, 1.82) is 0 Å². The molecule has 17 heavy (non-hydrogen) atoms. The minimum Gasteiger partial charge on any atom is -0.472 e. The summed E-state index contributed by atoms with van der Waals surface area (Å²) in [4.78, 5) is 14.0. The summed E-state index contributed by atoms with van der Waals surface area (Å²) in [6, 6.07) is 1.99. The van der Waals surface area contributed by atoms with Crippen molar-refractivity contribution in [3.05, 3.63) is 24.2 Å². The van der Waals surface area contributed by atoms with E-state index in [0.29, 0.717) is 18.2 Å². The zero-order chi connectivity index (χ0) is 12.1. The Morgan fingerprint density at radius 3 is 2.94 bits per heavy atom. The summed E-state index contributed by atoms with van der Waals surface area (Å²) in [7, 11) is 0. The summed E-state index contributed by atoms with van der Waals surface area (Å²) in [5.41, 5.74) is 0.569. The minimum atomic E-state index is -0.0844. The molecule has 1 saturated heterocycles. The molecule has 1 fully saturated rings. The van der Waals surface area contributed by atoms with E-state index in [2.05, 4.69) is 17.1 Å². The molecule has 0 aromatic carbocycles. The van der Waals surface area contributed by atoms with Crippen LogP contribution in [0.4, 0.5) is 0 Å². The first-order valence-corrected chi connectivity index (χ1v) is 5.89. The van der Waals surface area contributed by atoms with E-state index in [4.69, 9.17) is 9.15 Å². The van der Waals surface area contributed by atoms with Gasteiger partial charge in [-0.2, -0.15) is 0 Å². The number of hydrogen-bond donors (Lipinski definition) is 1. The molecule has 0 aliphatic carbocycles. The number of carbonyl (C=O) groups excluding carboxylic acids is 1. The van der Waals surface area contributed by atoms with Gasteiger partial charge in [-0.3, -0.25) is 9.69 Å². The topological polar surface area (TPSA) is 54.7 Å². The lowest BCUT2D eigenvalue weighted by atomic mass is 10.2. The van der Waals surface area contributed by atoms with Gasteiger partial charge in [0, 0.05) is 25.7 Å². The molecule has 0 spiro atoms. The predicted octanol–water partition coefficient (Wildman–Crippen LogP) is 0.730. The summed E-state index contributed by atoms with van der Waals surface area (Å²) in [5.74, 6) is -0.0844. The van der Waals surface area contributed by atoms with Gasteiger partial charge in [0.05, 0.1) is 25.0 Å². The second-order valence-electron chi connectivity index (χ2n) is 4.22. The lowest BCUT2D eigenvalue weighted by Crippen LogP contribution is -2.47. The molecular formula is C12H18N2O3. The number of rotatable bonds is 4. The lowest BCUT2D eigenvalue weighted by molar-refractivity contribution is 0.0204. The first-order chi connectivity index (χ1) is 8.27. The summed E-state index contributed by atoms with van der Waals surface area (Å²) >= 11 is 0. The van der Waals surface area contributed by atoms with Gasteiger partial charge in [0.15, 0.2) is 0 Å². The van der Waals surface area contributed by atoms with Crippen molar-refractivity contribution >= 4 is 5.91 Å². The van der Waals surface area contributed by atoms with Crippen molar-refractivity contribution in [1.82, 2.24) is 10.2 Å². The van der Waals surface area contributed by atoms with Crippen molar-refractivity contribution < 1.29 is 13.9 Å². The van der Waals surface area contributed by atoms with Crippen molar-refractivity contribution in [2.24, 2.45) is 0 Å². The summed E-state index contributed by atoms with van der Waals surface area (Å²) < 4.78 is 10.2. The molecule has 0 bridgehead atoms. The molecular weight excluding hydrogens is 220 g/mol. The van der Waals surface area contributed by atoms with Crippen molar-refractivity contribution in [2.75, 3.05) is 32.8 Å². The van der Waals surface area contributed by atoms with Crippen molar-refractivity contribution in [2.45, 2.75) is 13.0 Å². The highest BCUT2D eigenvalue weighted by atomic mass is 16.5. The fraction of sp³-hybridized carbons (Fsp3) is 0.583. The Bertz CT molecular complexity index is 345. The molecule has 2 heterocycles. The van der Waals surface area contributed by atoms with Gasteiger partial charge in [0.1, 0.15) is 6.26 Å². The van der Waals surface area contributed by atoms with E-state index in [0.717, 1.165) is 26.3 Å². The number of morpholine rings is 1. The molecule has 5 heteroatoms. The third-order valence-corrected chi connectivity index (χ3v) is 3.01. The van der Waals surface area contributed by atoms with Crippen molar-refractivity contribution in [3.8, 4) is 0 Å². The number of nitrogens with zero attached hydrogens (tertiary/aromatic N) is 1. The average molecular weight is 238 g/mol. The number of furan rings is 1. The maximum Gasteiger partial charge on any atom is 0.254 e. The van der Waals surface area contributed by atoms with Crippen LogP contribution >= 0.6 is 0 Å². The molecule has 0 radical (unpaired) electrons. The van der Waals surface area contributed by atoms with E-state index in [1.807, 2.05) is 0 Å². The number of nitrogens with one attached hydrogen (secondary N) is 1. The van der Waals surface area contributed by atoms with Gasteiger partial charge in [-0.15, -0.1) is 0 Å². The second kappa shape index (κ2) is 5.84. The third kappa shape index (κ3) is 3.31. The van der Waals surface area contributed by atoms with Crippen LogP contribution in [0.5, 0.6) is 0 Å². The monoisotopic (exact) mass is 238 g/mol. The highest BCUT2D eigenvalue weighted by molar-refractivity contribution is 5.93. The van der Waals surface area contributed by atoms with Crippen LogP contribution in [0.2, 0.25) is 0 Å². The van der Waals surface area contributed by atoms with Crippen LogP contribution in [0, 0.1) is 0 Å². The molecule has 1 aliphatic heterocycles. The predicted molar refractivity (Wildman–Crippen MR) is 62.9 cm³/mol. The molecule has 2 rings (SSSR count). The molecule has 5 nitrogen and oxygen atoms in total. The molecule has 0 saturated carbocycles. The summed E-state index contributed by atoms with van der Waals surface area (Å²) in [6.45, 7) is 6.18. The molecule has 1 amide bonds. The van der Waals surface area contributed by atoms with Gasteiger partial charge >= 0.3 is 0 Å². The standard InChI is InChI=1S/C12H18N2O3/c1-10(14-3-6-16-7-4-14)8-13-12(15)11-2-5-17-9-11/h2,5,9-10H,3-4,6-8H2,1H3,(H,13,15)/t10-/m1/s1. The molecule has 1 N–H and O–H groups in total. The summed E-state index contributed by atoms with van der Waals surface area (Å²) in [6.07, 6.45) is 2.95. The highest BCUT2D eigenvalue weighted by Gasteiger charge is 2.17. The van der Waals surface area contributed by atoms with Crippen LogP contribution in [0.15, 0.2) is 23.0 Å². The Labute approximate surface area is 101 Å². The quantitative estimate of drug-likeness (QED) is 0.840. The van der Waals surface area contributed by atoms with Gasteiger partial charge in [-0.05, 0) is 13.0 Å². The number of hydrogen-bond acceptors (Lipinski definition) is 4. The van der Waals surface area contributed by atoms with Crippen molar-refractivity contribution in [3.63, 3.8) is 0 Å². The average Bonchev–Trinajstić information content (AvgIpc) is 2.90. The smallest absolute Gasteiger partial charge is 0.254 e. The Morgan fingerprint density at radius 2 is 2.29 bits per heavy atom. The lowest BCUT2D eigenvalue weighted by Gasteiger charge is -2.32. The molecule has 0 unspecified atom stereocenters. The van der Waals surface area contributed by atoms with Crippen LogP contribution in [-0.2, 0) is 4.74 Å². The van der Waals surface area contributed by atoms with Crippen LogP contribution in [0.3, 0.4) is 0 Å². The van der Waals surface area contributed by atoms with Gasteiger partial charge in [0.25, 0.3) is 5.91 Å². The molecule has 94 valence electrons. The first kappa shape index (κ1) is 12.1. The fourth-order valence-corrected chi connectivity index (χ4v) is 1.88. The first-order valence-electron chi connectivity index (χ1n) is 5.89. The van der Waals surface area contributed by atoms with E-state index in [-0.39, 0.29) is 5.91 Å². The van der Waals surface area contributed by atoms with Gasteiger partial charge in [-0.1, -0.05) is 0 Å². The molecule has 1 aromatic heterocycles. The SMILES string of the molecule is C[C@H](CNC(=O)c1ccoc1)N1CCOCC1. The number of amides is 1. The van der Waals surface area contributed by atoms with E-state index >= 15 is 0 Å². The van der Waals surface area contributed by atoms with Crippen LogP contribution in [-0.4, -0.2) is 49.7 Å². The van der Waals surface area contributed by atoms with E-state index in [1.165, 1.54) is 12.5 Å². The number of ether oxygens (including phenoxy) is 1. The van der Waals surface area contributed by atoms with Gasteiger partial charge < -0.3 is 14.5 Å². The zero-order valence-electron chi connectivity index (χ0n) is 10.0. The van der Waals surface area contributed by atoms with E-state index in [9.17, 15) is 4.79 Å². The van der Waals surface area contributed by atoms with Crippen LogP contribution < -0.4 is 5.32 Å². The minimum absolute atomic E-state index is 0.0844. The Morgan fingerprint density at radius 1 is 1.53 bits per heavy atom. The van der Waals surface area contributed by atoms with E-state index < -0.39 is 0 Å². The summed E-state index contributed by atoms with van der Waals surface area (Å²) in [5, 5.41) is 2.90. The zero-order valence-corrected chi connectivity index (χ0v) is 10.0. The van der Waals surface area contributed by atoms with Crippen LogP contribution in [0.1, 0.15) is 17.3 Å². The normalized spacial score (nSPS) is 18.9. The Balaban J connectivity index is 1.75. The molecule has 1 aliphatic rings. The highest BCUT2D eigenvalue weighted by Crippen LogP contribution is 2.03. The Kier molecular flexibility index (Phi) is 4.17. The fourth-order valence-electron chi connectivity index (χ4n) is 1.88. The second-order valence-corrected chi connectivity index (χ2v) is 4.22. The largest absolute Gasteiger partial charge is 0.472 e. The molecule has 1 aromatic rings. The van der Waals surface area contributed by atoms with Crippen LogP contribution in [0.25, 0.3) is 0 Å². The van der Waals surface area contributed by atoms with Gasteiger partial charge in [0.2, 0.25) is 0 Å². The third-order valence-electron chi connectivity index (χ3n) is 3.01. The maximum absolute atomic E-state index is 11.7. The Hall–Kier alpha value is -1.33.